The van der Waals surface area contributed by atoms with Crippen LogP contribution in [0.2, 0.25) is 0 Å². The van der Waals surface area contributed by atoms with Crippen molar-refractivity contribution in [2.24, 2.45) is 5.92 Å². The van der Waals surface area contributed by atoms with Gasteiger partial charge in [0.1, 0.15) is 0 Å². The van der Waals surface area contributed by atoms with Crippen molar-refractivity contribution < 1.29 is 33.0 Å². The van der Waals surface area contributed by atoms with E-state index in [2.05, 4.69) is 0 Å². The van der Waals surface area contributed by atoms with Crippen molar-refractivity contribution in [3.8, 4) is 5.75 Å². The molecular formula is C21H18F3NO4. The minimum Gasteiger partial charge on any atom is -0.505 e. The lowest BCUT2D eigenvalue weighted by Crippen LogP contribution is -2.20. The number of hydrogen-bond donors (Lipinski definition) is 2. The number of nitrogens with zero attached hydrogens (tertiary/aromatic N) is 1. The molecule has 5 nitrogen and oxygen atoms in total. The summed E-state index contributed by atoms with van der Waals surface area (Å²) in [5.74, 6) is -7.70. The Morgan fingerprint density at radius 3 is 2.24 bits per heavy atom. The molecule has 0 aliphatic heterocycles. The number of carbonyl (C=O) groups is 2. The molecule has 0 saturated heterocycles. The van der Waals surface area contributed by atoms with Crippen LogP contribution >= 0.6 is 0 Å². The van der Waals surface area contributed by atoms with E-state index >= 15 is 0 Å². The number of carboxylic acid groups (broad SMARTS) is 1. The van der Waals surface area contributed by atoms with Gasteiger partial charge in [-0.05, 0) is 48.7 Å². The maximum Gasteiger partial charge on any atom is 0.311 e. The molecule has 8 heteroatoms. The fourth-order valence-corrected chi connectivity index (χ4v) is 3.62. The highest BCUT2D eigenvalue weighted by Crippen LogP contribution is 2.39. The molecule has 0 fully saturated rings. The average molecular weight is 405 g/mol. The van der Waals surface area contributed by atoms with Gasteiger partial charge in [-0.3, -0.25) is 14.2 Å². The molecule has 0 bridgehead atoms. The van der Waals surface area contributed by atoms with Crippen molar-refractivity contribution in [1.82, 2.24) is 4.57 Å². The smallest absolute Gasteiger partial charge is 0.311 e. The van der Waals surface area contributed by atoms with Crippen LogP contribution in [0.15, 0.2) is 30.3 Å². The molecule has 0 aliphatic carbocycles. The molecule has 2 aromatic carbocycles. The third-order valence-electron chi connectivity index (χ3n) is 4.95. The topological polar surface area (TPSA) is 79.5 Å². The molecule has 0 amide bonds. The molecule has 1 unspecified atom stereocenters. The van der Waals surface area contributed by atoms with Crippen molar-refractivity contribution in [3.05, 3.63) is 64.6 Å². The molecule has 3 aromatic rings. The summed E-state index contributed by atoms with van der Waals surface area (Å²) in [6.07, 6.45) is 0. The number of benzene rings is 2. The highest BCUT2D eigenvalue weighted by molar-refractivity contribution is 6.05. The fraction of sp³-hybridized carbons (Fsp3) is 0.238. The number of carbonyl (C=O) groups excluding carboxylic acids is 1. The van der Waals surface area contributed by atoms with Crippen molar-refractivity contribution >= 4 is 22.8 Å². The zero-order chi connectivity index (χ0) is 21.6. The third-order valence-corrected chi connectivity index (χ3v) is 4.95. The summed E-state index contributed by atoms with van der Waals surface area (Å²) in [5, 5.41) is 19.3. The second-order valence-electron chi connectivity index (χ2n) is 7.12. The quantitative estimate of drug-likeness (QED) is 0.666. The Bertz CT molecular complexity index is 1150. The minimum atomic E-state index is -1.22. The lowest BCUT2D eigenvalue weighted by Gasteiger charge is -2.17. The summed E-state index contributed by atoms with van der Waals surface area (Å²) < 4.78 is 42.8. The van der Waals surface area contributed by atoms with Gasteiger partial charge in [-0.25, -0.2) is 13.2 Å². The van der Waals surface area contributed by atoms with Crippen LogP contribution in [0.4, 0.5) is 13.2 Å². The molecule has 1 aromatic heterocycles. The molecule has 1 heterocycles. The highest BCUT2D eigenvalue weighted by atomic mass is 19.2. The molecule has 2 N–H and O–H groups in total. The Labute approximate surface area is 164 Å². The van der Waals surface area contributed by atoms with Crippen LogP contribution in [0, 0.1) is 30.3 Å². The number of aliphatic carboxylic acids is 1. The minimum absolute atomic E-state index is 0.0226. The van der Waals surface area contributed by atoms with E-state index in [0.29, 0.717) is 0 Å². The summed E-state index contributed by atoms with van der Waals surface area (Å²) in [5.41, 5.74) is 0.0157. The summed E-state index contributed by atoms with van der Waals surface area (Å²) in [6.45, 7) is 4.72. The third kappa shape index (κ3) is 3.24. The number of fused-ring (bicyclic) bond motifs is 1. The van der Waals surface area contributed by atoms with Crippen LogP contribution in [0.5, 0.6) is 5.75 Å². The van der Waals surface area contributed by atoms with Crippen LogP contribution in [-0.4, -0.2) is 26.7 Å². The van der Waals surface area contributed by atoms with Crippen molar-refractivity contribution in [3.63, 3.8) is 0 Å². The van der Waals surface area contributed by atoms with Gasteiger partial charge in [-0.15, -0.1) is 0 Å². The molecule has 0 saturated carbocycles. The number of aromatic nitrogens is 1. The Kier molecular flexibility index (Phi) is 5.13. The van der Waals surface area contributed by atoms with E-state index in [1.54, 1.807) is 13.8 Å². The first-order valence-electron chi connectivity index (χ1n) is 8.81. The van der Waals surface area contributed by atoms with Crippen LogP contribution in [0.1, 0.15) is 41.4 Å². The van der Waals surface area contributed by atoms with Gasteiger partial charge in [-0.2, -0.15) is 0 Å². The molecule has 3 rings (SSSR count). The van der Waals surface area contributed by atoms with E-state index in [4.69, 9.17) is 0 Å². The molecule has 0 aliphatic rings. The van der Waals surface area contributed by atoms with Gasteiger partial charge in [0.2, 0.25) is 0 Å². The second-order valence-corrected chi connectivity index (χ2v) is 7.12. The molecule has 0 radical (unpaired) electrons. The predicted molar refractivity (Wildman–Crippen MR) is 99.6 cm³/mol. The highest BCUT2D eigenvalue weighted by Gasteiger charge is 2.33. The van der Waals surface area contributed by atoms with E-state index < -0.39 is 46.9 Å². The Morgan fingerprint density at radius 2 is 1.69 bits per heavy atom. The number of aromatic hydroxyl groups is 1. The summed E-state index contributed by atoms with van der Waals surface area (Å²) in [7, 11) is 0. The van der Waals surface area contributed by atoms with Crippen molar-refractivity contribution in [1.29, 1.82) is 0 Å². The van der Waals surface area contributed by atoms with Crippen LogP contribution in [-0.2, 0) is 4.79 Å². The maximum absolute atomic E-state index is 14.8. The Morgan fingerprint density at radius 1 is 1.03 bits per heavy atom. The van der Waals surface area contributed by atoms with Crippen molar-refractivity contribution in [2.45, 2.75) is 26.7 Å². The average Bonchev–Trinajstić information content (AvgIpc) is 2.92. The number of halogens is 3. The van der Waals surface area contributed by atoms with Gasteiger partial charge < -0.3 is 10.2 Å². The number of carboxylic acids is 1. The first kappa shape index (κ1) is 20.4. The summed E-state index contributed by atoms with van der Waals surface area (Å²) >= 11 is 0. The normalized spacial score (nSPS) is 12.5. The van der Waals surface area contributed by atoms with E-state index in [9.17, 15) is 33.0 Å². The molecule has 29 heavy (non-hydrogen) atoms. The van der Waals surface area contributed by atoms with Gasteiger partial charge in [0.15, 0.2) is 23.2 Å². The zero-order valence-electron chi connectivity index (χ0n) is 15.8. The first-order valence-corrected chi connectivity index (χ1v) is 8.81. The largest absolute Gasteiger partial charge is 0.505 e. The summed E-state index contributed by atoms with van der Waals surface area (Å²) in [4.78, 5) is 25.0. The molecule has 1 atom stereocenters. The number of rotatable bonds is 4. The van der Waals surface area contributed by atoms with Gasteiger partial charge in [0.25, 0.3) is 5.91 Å². The standard InChI is InChI=1S/C21H18F3NO4/c1-9(2)16(21(28)29)17-10(3)25(14-6-7-15(26)19(24)18(14)17)20(27)11-4-5-12(22)13(23)8-11/h4-9,16,26H,1-3H3,(H,28,29). The van der Waals surface area contributed by atoms with E-state index in [-0.39, 0.29) is 27.7 Å². The molecular weight excluding hydrogens is 387 g/mol. The number of hydrogen-bond acceptors (Lipinski definition) is 3. The van der Waals surface area contributed by atoms with Crippen LogP contribution in [0.3, 0.4) is 0 Å². The van der Waals surface area contributed by atoms with Crippen LogP contribution < -0.4 is 0 Å². The molecule has 152 valence electrons. The van der Waals surface area contributed by atoms with Gasteiger partial charge >= 0.3 is 5.97 Å². The first-order chi connectivity index (χ1) is 13.6. The predicted octanol–water partition coefficient (Wildman–Crippen LogP) is 4.59. The molecule has 0 spiro atoms. The fourth-order valence-electron chi connectivity index (χ4n) is 3.62. The second kappa shape index (κ2) is 7.27. The lowest BCUT2D eigenvalue weighted by atomic mass is 9.86. The van der Waals surface area contributed by atoms with Crippen LogP contribution in [0.25, 0.3) is 10.9 Å². The van der Waals surface area contributed by atoms with E-state index in [1.165, 1.54) is 13.0 Å². The van der Waals surface area contributed by atoms with E-state index in [0.717, 1.165) is 28.8 Å². The lowest BCUT2D eigenvalue weighted by molar-refractivity contribution is -0.139. The zero-order valence-corrected chi connectivity index (χ0v) is 15.8. The Hall–Kier alpha value is -3.29. The van der Waals surface area contributed by atoms with Gasteiger partial charge in [0, 0.05) is 16.6 Å². The monoisotopic (exact) mass is 405 g/mol. The maximum atomic E-state index is 14.8. The van der Waals surface area contributed by atoms with Gasteiger partial charge in [0.05, 0.1) is 11.4 Å². The van der Waals surface area contributed by atoms with Crippen molar-refractivity contribution in [2.75, 3.05) is 0 Å². The summed E-state index contributed by atoms with van der Waals surface area (Å²) in [6, 6.07) is 4.92. The number of phenolic OH excluding ortho intramolecular Hbond substituents is 1. The SMILES string of the molecule is Cc1c(C(C(=O)O)C(C)C)c2c(F)c(O)ccc2n1C(=O)c1ccc(F)c(F)c1. The number of phenols is 1. The Balaban J connectivity index is 2.38. The van der Waals surface area contributed by atoms with Gasteiger partial charge in [-0.1, -0.05) is 13.8 Å². The van der Waals surface area contributed by atoms with E-state index in [1.807, 2.05) is 0 Å².